The largest absolute Gasteiger partial charge is 0.466 e. The summed E-state index contributed by atoms with van der Waals surface area (Å²) in [7, 11) is 1.32. The number of rotatable bonds is 2. The molecule has 2 N–H and O–H groups in total. The van der Waals surface area contributed by atoms with Crippen molar-refractivity contribution in [2.75, 3.05) is 19.0 Å². The highest BCUT2D eigenvalue weighted by Gasteiger charge is 2.70. The highest BCUT2D eigenvalue weighted by Crippen LogP contribution is 2.64. The van der Waals surface area contributed by atoms with Gasteiger partial charge < -0.3 is 20.1 Å². The summed E-state index contributed by atoms with van der Waals surface area (Å²) in [4.78, 5) is 27.7. The molecular weight excluding hydrogens is 344 g/mol. The van der Waals surface area contributed by atoms with E-state index < -0.39 is 22.9 Å². The number of amides is 1. The lowest BCUT2D eigenvalue weighted by Gasteiger charge is -2.55. The molecule has 0 bridgehead atoms. The van der Waals surface area contributed by atoms with Gasteiger partial charge in [-0.2, -0.15) is 0 Å². The van der Waals surface area contributed by atoms with E-state index in [1.807, 2.05) is 48.2 Å². The normalized spacial score (nSPS) is 35.5. The molecule has 0 radical (unpaired) electrons. The summed E-state index contributed by atoms with van der Waals surface area (Å²) in [6, 6.07) is 7.63. The van der Waals surface area contributed by atoms with Gasteiger partial charge in [-0.1, -0.05) is 37.3 Å². The second-order valence-electron chi connectivity index (χ2n) is 7.82. The third-order valence-corrected chi connectivity index (χ3v) is 6.95. The quantitative estimate of drug-likeness (QED) is 0.616. The van der Waals surface area contributed by atoms with Gasteiger partial charge in [0.25, 0.3) is 0 Å². The molecule has 5 rings (SSSR count). The number of anilines is 1. The van der Waals surface area contributed by atoms with Gasteiger partial charge in [-0.05, 0) is 18.1 Å². The summed E-state index contributed by atoms with van der Waals surface area (Å²) in [5, 5.41) is 14.8. The van der Waals surface area contributed by atoms with Gasteiger partial charge in [0.05, 0.1) is 30.2 Å². The van der Waals surface area contributed by atoms with Crippen molar-refractivity contribution in [2.45, 2.75) is 37.3 Å². The van der Waals surface area contributed by atoms with Crippen molar-refractivity contribution >= 4 is 17.6 Å². The Morgan fingerprint density at radius 2 is 2.19 bits per heavy atom. The van der Waals surface area contributed by atoms with E-state index in [4.69, 9.17) is 4.74 Å². The van der Waals surface area contributed by atoms with Gasteiger partial charge >= 0.3 is 5.97 Å². The van der Waals surface area contributed by atoms with Crippen LogP contribution < -0.4 is 5.32 Å². The Kier molecular flexibility index (Phi) is 3.21. The van der Waals surface area contributed by atoms with Gasteiger partial charge in [-0.3, -0.25) is 4.79 Å². The third kappa shape index (κ3) is 1.70. The molecule has 4 atom stereocenters. The van der Waals surface area contributed by atoms with E-state index in [1.54, 1.807) is 0 Å². The van der Waals surface area contributed by atoms with Crippen LogP contribution in [0.25, 0.3) is 0 Å². The maximum absolute atomic E-state index is 13.1. The van der Waals surface area contributed by atoms with Crippen LogP contribution in [-0.2, 0) is 19.7 Å². The topological polar surface area (TPSA) is 78.9 Å². The number of benzene rings is 1. The molecular formula is C21H22N2O4. The summed E-state index contributed by atoms with van der Waals surface area (Å²) < 4.78 is 5.05. The van der Waals surface area contributed by atoms with Crippen LogP contribution in [0.2, 0.25) is 0 Å². The number of nitrogens with zero attached hydrogens (tertiary/aromatic N) is 1. The molecule has 6 nitrogen and oxygen atoms in total. The van der Waals surface area contributed by atoms with Crippen LogP contribution in [0.5, 0.6) is 0 Å². The molecule has 1 aliphatic carbocycles. The molecule has 0 aromatic heterocycles. The highest BCUT2D eigenvalue weighted by molar-refractivity contribution is 5.97. The fraction of sp³-hybridized carbons (Fsp3) is 0.429. The molecule has 1 amide bonds. The second-order valence-corrected chi connectivity index (χ2v) is 7.82. The van der Waals surface area contributed by atoms with Crippen molar-refractivity contribution in [1.29, 1.82) is 0 Å². The van der Waals surface area contributed by atoms with Crippen LogP contribution in [0.1, 0.15) is 25.3 Å². The minimum atomic E-state index is -1.05. The Labute approximate surface area is 157 Å². The number of methoxy groups -OCH3 is 1. The maximum Gasteiger partial charge on any atom is 0.338 e. The standard InChI is InChI=1S/C21H22N2O4/c1-3-20-9-6-10-23-14(24)11-21(19(20)23)12-7-4-5-8-13(12)22-16(21)15(17(20)25)18(26)27-2/h4-9,17,19,22,25H,3,10-11H2,1-2H3/t17-,19?,20+,21+/m1/s1. The Bertz CT molecular complexity index is 936. The Hall–Kier alpha value is -2.60. The number of fused-ring (bicyclic) bond motifs is 1. The van der Waals surface area contributed by atoms with E-state index in [2.05, 4.69) is 5.32 Å². The lowest BCUT2D eigenvalue weighted by molar-refractivity contribution is -0.140. The van der Waals surface area contributed by atoms with Crippen LogP contribution in [0.3, 0.4) is 0 Å². The Morgan fingerprint density at radius 3 is 2.93 bits per heavy atom. The van der Waals surface area contributed by atoms with Crippen LogP contribution in [0.4, 0.5) is 5.69 Å². The molecule has 27 heavy (non-hydrogen) atoms. The number of para-hydroxylation sites is 1. The van der Waals surface area contributed by atoms with E-state index in [0.717, 1.165) is 11.3 Å². The van der Waals surface area contributed by atoms with Crippen molar-refractivity contribution in [3.8, 4) is 0 Å². The Morgan fingerprint density at radius 1 is 1.41 bits per heavy atom. The number of hydrogen-bond acceptors (Lipinski definition) is 5. The van der Waals surface area contributed by atoms with Gasteiger partial charge in [0.2, 0.25) is 5.91 Å². The predicted octanol–water partition coefficient (Wildman–Crippen LogP) is 1.72. The number of hydrogen-bond donors (Lipinski definition) is 2. The average molecular weight is 366 g/mol. The van der Waals surface area contributed by atoms with Crippen LogP contribution in [0, 0.1) is 5.41 Å². The number of carbonyl (C=O) groups is 2. The third-order valence-electron chi connectivity index (χ3n) is 6.95. The number of nitrogens with one attached hydrogen (secondary N) is 1. The summed E-state index contributed by atoms with van der Waals surface area (Å²) in [6.45, 7) is 2.53. The summed E-state index contributed by atoms with van der Waals surface area (Å²) in [6.07, 6.45) is 3.80. The summed E-state index contributed by atoms with van der Waals surface area (Å²) in [5.74, 6) is -0.496. The maximum atomic E-state index is 13.1. The van der Waals surface area contributed by atoms with Crippen LogP contribution in [0.15, 0.2) is 47.7 Å². The van der Waals surface area contributed by atoms with E-state index in [-0.39, 0.29) is 23.9 Å². The zero-order valence-corrected chi connectivity index (χ0v) is 15.4. The van der Waals surface area contributed by atoms with E-state index in [1.165, 1.54) is 7.11 Å². The van der Waals surface area contributed by atoms with Gasteiger partial charge in [-0.25, -0.2) is 4.79 Å². The fourth-order valence-corrected chi connectivity index (χ4v) is 5.89. The molecule has 1 saturated heterocycles. The van der Waals surface area contributed by atoms with Crippen LogP contribution >= 0.6 is 0 Å². The van der Waals surface area contributed by atoms with Crippen molar-refractivity contribution in [2.24, 2.45) is 5.41 Å². The fourth-order valence-electron chi connectivity index (χ4n) is 5.89. The van der Waals surface area contributed by atoms with Crippen molar-refractivity contribution in [3.05, 3.63) is 53.3 Å². The molecule has 1 spiro atoms. The average Bonchev–Trinajstić information content (AvgIpc) is 3.18. The zero-order chi connectivity index (χ0) is 19.0. The van der Waals surface area contributed by atoms with Crippen LogP contribution in [-0.4, -0.2) is 47.7 Å². The molecule has 3 heterocycles. The van der Waals surface area contributed by atoms with E-state index >= 15 is 0 Å². The molecule has 6 heteroatoms. The minimum Gasteiger partial charge on any atom is -0.466 e. The number of aliphatic hydroxyl groups excluding tert-OH is 1. The Balaban J connectivity index is 1.90. The van der Waals surface area contributed by atoms with Gasteiger partial charge in [-0.15, -0.1) is 0 Å². The number of ether oxygens (including phenoxy) is 1. The van der Waals surface area contributed by atoms with Crippen molar-refractivity contribution in [3.63, 3.8) is 0 Å². The summed E-state index contributed by atoms with van der Waals surface area (Å²) in [5.41, 5.74) is 1.38. The molecule has 1 unspecified atom stereocenters. The number of esters is 1. The first-order valence-electron chi connectivity index (χ1n) is 9.36. The molecule has 140 valence electrons. The molecule has 3 aliphatic heterocycles. The SMILES string of the molecule is CC[C@]12C=CCN3C(=O)C[C@]4(C(=C(C(=O)OC)[C@H]1O)Nc1ccccc14)C32. The monoisotopic (exact) mass is 366 g/mol. The molecule has 1 aromatic carbocycles. The van der Waals surface area contributed by atoms with Gasteiger partial charge in [0, 0.05) is 29.8 Å². The lowest BCUT2D eigenvalue weighted by atomic mass is 9.54. The van der Waals surface area contributed by atoms with E-state index in [0.29, 0.717) is 18.7 Å². The van der Waals surface area contributed by atoms with Crippen molar-refractivity contribution in [1.82, 2.24) is 4.90 Å². The minimum absolute atomic E-state index is 0.0523. The summed E-state index contributed by atoms with van der Waals surface area (Å²) >= 11 is 0. The van der Waals surface area contributed by atoms with Crippen molar-refractivity contribution < 1.29 is 19.4 Å². The van der Waals surface area contributed by atoms with Gasteiger partial charge in [0.15, 0.2) is 0 Å². The van der Waals surface area contributed by atoms with Gasteiger partial charge in [0.1, 0.15) is 0 Å². The highest BCUT2D eigenvalue weighted by atomic mass is 16.5. The molecule has 0 saturated carbocycles. The zero-order valence-electron chi connectivity index (χ0n) is 15.4. The predicted molar refractivity (Wildman–Crippen MR) is 98.8 cm³/mol. The van der Waals surface area contributed by atoms with E-state index in [9.17, 15) is 14.7 Å². The molecule has 1 aromatic rings. The lowest BCUT2D eigenvalue weighted by Crippen LogP contribution is -2.64. The first-order valence-corrected chi connectivity index (χ1v) is 9.36. The number of carbonyl (C=O) groups excluding carboxylic acids is 2. The first kappa shape index (κ1) is 16.6. The molecule has 1 fully saturated rings. The number of aliphatic hydroxyl groups is 1. The second kappa shape index (κ2) is 5.23. The first-order chi connectivity index (χ1) is 13.0. The molecule has 4 aliphatic rings. The smallest absolute Gasteiger partial charge is 0.338 e.